The zero-order chi connectivity index (χ0) is 11.9. The van der Waals surface area contributed by atoms with Crippen molar-refractivity contribution in [1.29, 1.82) is 0 Å². The molecule has 1 amide bonds. The molecule has 2 N–H and O–H groups in total. The molecule has 0 saturated heterocycles. The SMILES string of the molecule is O=C(NCCC(O)c1ccccc1)C12CC1C2. The van der Waals surface area contributed by atoms with Gasteiger partial charge in [-0.2, -0.15) is 0 Å². The fourth-order valence-electron chi connectivity index (χ4n) is 2.41. The number of hydrogen-bond donors (Lipinski definition) is 2. The first kappa shape index (κ1) is 10.8. The van der Waals surface area contributed by atoms with Crippen LogP contribution >= 0.6 is 0 Å². The summed E-state index contributed by atoms with van der Waals surface area (Å²) in [5.41, 5.74) is 0.952. The van der Waals surface area contributed by atoms with E-state index >= 15 is 0 Å². The van der Waals surface area contributed by atoms with E-state index in [1.807, 2.05) is 30.3 Å². The van der Waals surface area contributed by atoms with Crippen molar-refractivity contribution in [1.82, 2.24) is 5.32 Å². The van der Waals surface area contributed by atoms with E-state index in [1.54, 1.807) is 0 Å². The van der Waals surface area contributed by atoms with Gasteiger partial charge in [0.2, 0.25) is 5.91 Å². The third kappa shape index (κ3) is 1.95. The van der Waals surface area contributed by atoms with E-state index in [-0.39, 0.29) is 11.3 Å². The van der Waals surface area contributed by atoms with Crippen LogP contribution in [0.5, 0.6) is 0 Å². The van der Waals surface area contributed by atoms with E-state index < -0.39 is 6.10 Å². The molecule has 1 aromatic carbocycles. The Bertz CT molecular complexity index is 423. The Balaban J connectivity index is 1.43. The zero-order valence-corrected chi connectivity index (χ0v) is 9.73. The first-order valence-electron chi connectivity index (χ1n) is 6.24. The molecule has 3 heteroatoms. The second-order valence-corrected chi connectivity index (χ2v) is 5.23. The van der Waals surface area contributed by atoms with Crippen molar-refractivity contribution in [3.63, 3.8) is 0 Å². The number of carbonyl (C=O) groups excluding carboxylic acids is 1. The number of benzene rings is 1. The van der Waals surface area contributed by atoms with Crippen LogP contribution in [0.15, 0.2) is 30.3 Å². The highest BCUT2D eigenvalue weighted by Crippen LogP contribution is 2.75. The quantitative estimate of drug-likeness (QED) is 0.809. The normalized spacial score (nSPS) is 30.3. The van der Waals surface area contributed by atoms with Crippen molar-refractivity contribution < 1.29 is 9.90 Å². The lowest BCUT2D eigenvalue weighted by molar-refractivity contribution is -0.124. The summed E-state index contributed by atoms with van der Waals surface area (Å²) in [6, 6.07) is 9.56. The Morgan fingerprint density at radius 1 is 1.41 bits per heavy atom. The minimum absolute atomic E-state index is 0.0394. The molecule has 0 aliphatic heterocycles. The number of hydrogen-bond acceptors (Lipinski definition) is 2. The van der Waals surface area contributed by atoms with Crippen LogP contribution in [0.25, 0.3) is 0 Å². The van der Waals surface area contributed by atoms with Crippen LogP contribution < -0.4 is 5.32 Å². The molecule has 0 radical (unpaired) electrons. The number of rotatable bonds is 5. The second-order valence-electron chi connectivity index (χ2n) is 5.23. The molecule has 0 heterocycles. The van der Waals surface area contributed by atoms with Gasteiger partial charge in [0.1, 0.15) is 0 Å². The molecule has 2 aliphatic carbocycles. The smallest absolute Gasteiger partial charge is 0.226 e. The third-order valence-electron chi connectivity index (χ3n) is 4.02. The molecule has 0 spiro atoms. The molecule has 2 fully saturated rings. The summed E-state index contributed by atoms with van der Waals surface area (Å²) >= 11 is 0. The number of amides is 1. The van der Waals surface area contributed by atoms with E-state index in [1.165, 1.54) is 0 Å². The van der Waals surface area contributed by atoms with Gasteiger partial charge in [0.25, 0.3) is 0 Å². The van der Waals surface area contributed by atoms with Crippen molar-refractivity contribution in [2.45, 2.75) is 25.4 Å². The molecule has 0 bridgehead atoms. The molecule has 2 saturated carbocycles. The minimum atomic E-state index is -0.483. The summed E-state index contributed by atoms with van der Waals surface area (Å²) in [6.07, 6.45) is 2.26. The van der Waals surface area contributed by atoms with Crippen molar-refractivity contribution in [2.24, 2.45) is 11.3 Å². The Kier molecular flexibility index (Phi) is 2.44. The van der Waals surface area contributed by atoms with E-state index in [0.29, 0.717) is 18.9 Å². The van der Waals surface area contributed by atoms with E-state index in [4.69, 9.17) is 0 Å². The van der Waals surface area contributed by atoms with Gasteiger partial charge in [-0.25, -0.2) is 0 Å². The van der Waals surface area contributed by atoms with Crippen molar-refractivity contribution in [3.05, 3.63) is 35.9 Å². The van der Waals surface area contributed by atoms with Crippen LogP contribution in [0, 0.1) is 11.3 Å². The number of aliphatic hydroxyl groups is 1. The fourth-order valence-corrected chi connectivity index (χ4v) is 2.41. The van der Waals surface area contributed by atoms with Gasteiger partial charge in [-0.05, 0) is 30.7 Å². The summed E-state index contributed by atoms with van der Waals surface area (Å²) in [4.78, 5) is 11.7. The molecule has 0 aromatic heterocycles. The number of fused-ring (bicyclic) bond motifs is 1. The molecule has 1 aromatic rings. The maximum Gasteiger partial charge on any atom is 0.226 e. The van der Waals surface area contributed by atoms with Gasteiger partial charge in [0, 0.05) is 6.54 Å². The van der Waals surface area contributed by atoms with E-state index in [2.05, 4.69) is 5.32 Å². The van der Waals surface area contributed by atoms with Crippen LogP contribution in [-0.4, -0.2) is 17.6 Å². The summed E-state index contributed by atoms with van der Waals surface area (Å²) in [6.45, 7) is 0.559. The third-order valence-corrected chi connectivity index (χ3v) is 4.02. The van der Waals surface area contributed by atoms with Gasteiger partial charge in [-0.1, -0.05) is 30.3 Å². The first-order chi connectivity index (χ1) is 8.22. The molecule has 1 unspecified atom stereocenters. The standard InChI is InChI=1S/C14H17NO2/c16-12(10-4-2-1-3-5-10)6-7-15-13(17)14-8-11(14)9-14/h1-5,11-12,16H,6-9H2,(H,15,17). The molecular weight excluding hydrogens is 214 g/mol. The zero-order valence-electron chi connectivity index (χ0n) is 9.73. The summed E-state index contributed by atoms with van der Waals surface area (Å²) < 4.78 is 0. The van der Waals surface area contributed by atoms with Gasteiger partial charge in [-0.3, -0.25) is 4.79 Å². The lowest BCUT2D eigenvalue weighted by Gasteiger charge is -2.12. The van der Waals surface area contributed by atoms with Crippen LogP contribution in [0.2, 0.25) is 0 Å². The lowest BCUT2D eigenvalue weighted by atomic mass is 10.1. The molecule has 3 nitrogen and oxygen atoms in total. The number of nitrogens with one attached hydrogen (secondary N) is 1. The van der Waals surface area contributed by atoms with Crippen LogP contribution in [0.3, 0.4) is 0 Å². The highest BCUT2D eigenvalue weighted by atomic mass is 16.3. The molecule has 2 aliphatic rings. The number of carbonyl (C=O) groups is 1. The lowest BCUT2D eigenvalue weighted by Crippen LogP contribution is -2.29. The van der Waals surface area contributed by atoms with Crippen LogP contribution in [0.4, 0.5) is 0 Å². The van der Waals surface area contributed by atoms with Gasteiger partial charge >= 0.3 is 0 Å². The first-order valence-corrected chi connectivity index (χ1v) is 6.24. The van der Waals surface area contributed by atoms with Crippen LogP contribution in [-0.2, 0) is 4.79 Å². The average Bonchev–Trinajstić information content (AvgIpc) is 3.18. The second kappa shape index (κ2) is 3.84. The van der Waals surface area contributed by atoms with Crippen molar-refractivity contribution in [2.75, 3.05) is 6.54 Å². The van der Waals surface area contributed by atoms with E-state index in [0.717, 1.165) is 18.4 Å². The number of aliphatic hydroxyl groups excluding tert-OH is 1. The highest BCUT2D eigenvalue weighted by Gasteiger charge is 2.74. The predicted octanol–water partition coefficient (Wildman–Crippen LogP) is 1.64. The van der Waals surface area contributed by atoms with Gasteiger partial charge in [0.15, 0.2) is 0 Å². The molecule has 90 valence electrons. The molecule has 1 atom stereocenters. The van der Waals surface area contributed by atoms with Gasteiger partial charge < -0.3 is 10.4 Å². The average molecular weight is 231 g/mol. The van der Waals surface area contributed by atoms with Crippen molar-refractivity contribution >= 4 is 5.91 Å². The van der Waals surface area contributed by atoms with Crippen molar-refractivity contribution in [3.8, 4) is 0 Å². The Labute approximate surface area is 101 Å². The maximum absolute atomic E-state index is 11.7. The summed E-state index contributed by atoms with van der Waals surface area (Å²) in [7, 11) is 0. The Morgan fingerprint density at radius 2 is 2.06 bits per heavy atom. The predicted molar refractivity (Wildman–Crippen MR) is 64.2 cm³/mol. The minimum Gasteiger partial charge on any atom is -0.388 e. The Hall–Kier alpha value is -1.35. The highest BCUT2D eigenvalue weighted by molar-refractivity contribution is 5.89. The largest absolute Gasteiger partial charge is 0.388 e. The van der Waals surface area contributed by atoms with Gasteiger partial charge in [0.05, 0.1) is 11.5 Å². The van der Waals surface area contributed by atoms with E-state index in [9.17, 15) is 9.90 Å². The summed E-state index contributed by atoms with van der Waals surface area (Å²) in [5.74, 6) is 0.879. The Morgan fingerprint density at radius 3 is 2.65 bits per heavy atom. The monoisotopic (exact) mass is 231 g/mol. The molecular formula is C14H17NO2. The van der Waals surface area contributed by atoms with Gasteiger partial charge in [-0.15, -0.1) is 0 Å². The molecule has 17 heavy (non-hydrogen) atoms. The topological polar surface area (TPSA) is 49.3 Å². The van der Waals surface area contributed by atoms with Crippen LogP contribution in [0.1, 0.15) is 30.9 Å². The summed E-state index contributed by atoms with van der Waals surface area (Å²) in [5, 5.41) is 12.8. The maximum atomic E-state index is 11.7. The molecule has 3 rings (SSSR count). The fraction of sp³-hybridized carbons (Fsp3) is 0.500.